The van der Waals surface area contributed by atoms with Crippen molar-refractivity contribution in [1.29, 1.82) is 0 Å². The molecule has 0 heterocycles. The first kappa shape index (κ1) is 18.4. The third-order valence-corrected chi connectivity index (χ3v) is 3.56. The Kier molecular flexibility index (Phi) is 9.92. The van der Waals surface area contributed by atoms with E-state index in [1.807, 2.05) is 12.1 Å². The Hall–Kier alpha value is -0.580. The second kappa shape index (κ2) is 10.2. The van der Waals surface area contributed by atoms with Gasteiger partial charge < -0.3 is 10.8 Å². The molecule has 3 N–H and O–H groups in total. The van der Waals surface area contributed by atoms with Crippen molar-refractivity contribution in [3.63, 3.8) is 0 Å². The topological polar surface area (TPSA) is 63.3 Å². The number of aliphatic carboxylic acids is 1. The molecule has 1 unspecified atom stereocenters. The third kappa shape index (κ3) is 8.24. The number of hydrogen-bond acceptors (Lipinski definition) is 2. The summed E-state index contributed by atoms with van der Waals surface area (Å²) in [7, 11) is 0. The van der Waals surface area contributed by atoms with Crippen LogP contribution in [0.3, 0.4) is 0 Å². The second-order valence-corrected chi connectivity index (χ2v) is 5.48. The number of carboxylic acids is 1. The van der Waals surface area contributed by atoms with E-state index in [1.54, 1.807) is 0 Å². The molecule has 0 aliphatic rings. The first-order valence-electron chi connectivity index (χ1n) is 6.28. The second-order valence-electron chi connectivity index (χ2n) is 4.56. The van der Waals surface area contributed by atoms with E-state index in [0.29, 0.717) is 6.54 Å². The average Bonchev–Trinajstić information content (AvgIpc) is 2.34. The van der Waals surface area contributed by atoms with E-state index >= 15 is 0 Å². The Morgan fingerprint density at radius 1 is 1.26 bits per heavy atom. The van der Waals surface area contributed by atoms with Crippen LogP contribution in [0.5, 0.6) is 0 Å². The van der Waals surface area contributed by atoms with Gasteiger partial charge in [0.05, 0.1) is 0 Å². The molecule has 1 rings (SSSR count). The van der Waals surface area contributed by atoms with Crippen molar-refractivity contribution >= 4 is 34.3 Å². The summed E-state index contributed by atoms with van der Waals surface area (Å²) < 4.78 is 1.07. The van der Waals surface area contributed by atoms with Gasteiger partial charge in [-0.1, -0.05) is 28.1 Å². The fourth-order valence-corrected chi connectivity index (χ4v) is 2.29. The summed E-state index contributed by atoms with van der Waals surface area (Å²) in [5.41, 5.74) is 6.73. The minimum Gasteiger partial charge on any atom is -0.481 e. The van der Waals surface area contributed by atoms with Crippen LogP contribution < -0.4 is 5.73 Å². The zero-order valence-electron chi connectivity index (χ0n) is 10.8. The molecular formula is C14H21BrClNO2. The van der Waals surface area contributed by atoms with Crippen molar-refractivity contribution < 1.29 is 9.90 Å². The smallest absolute Gasteiger partial charge is 0.303 e. The van der Waals surface area contributed by atoms with Gasteiger partial charge in [-0.15, -0.1) is 12.4 Å². The van der Waals surface area contributed by atoms with Crippen molar-refractivity contribution in [2.45, 2.75) is 32.1 Å². The maximum atomic E-state index is 10.8. The number of carboxylic acid groups (broad SMARTS) is 1. The molecular weight excluding hydrogens is 330 g/mol. The van der Waals surface area contributed by atoms with Gasteiger partial charge in [-0.05, 0) is 55.8 Å². The summed E-state index contributed by atoms with van der Waals surface area (Å²) in [4.78, 5) is 10.8. The lowest BCUT2D eigenvalue weighted by Crippen LogP contribution is -2.11. The molecule has 0 spiro atoms. The van der Waals surface area contributed by atoms with Gasteiger partial charge in [-0.25, -0.2) is 0 Å². The van der Waals surface area contributed by atoms with Crippen LogP contribution in [-0.2, 0) is 11.2 Å². The van der Waals surface area contributed by atoms with Crippen LogP contribution in [0.25, 0.3) is 0 Å². The zero-order valence-corrected chi connectivity index (χ0v) is 13.3. The van der Waals surface area contributed by atoms with E-state index in [9.17, 15) is 4.79 Å². The molecule has 0 amide bonds. The predicted octanol–water partition coefficient (Wildman–Crippen LogP) is 3.63. The number of halogens is 2. The molecule has 0 radical (unpaired) electrons. The highest BCUT2D eigenvalue weighted by atomic mass is 79.9. The molecule has 0 aliphatic heterocycles. The monoisotopic (exact) mass is 349 g/mol. The number of rotatable bonds is 8. The Balaban J connectivity index is 0.00000324. The standard InChI is InChI=1S/C14H20BrNO2.ClH/c15-13-7-5-11(6-8-13)3-4-12(2-1-9-16)10-14(17)18;/h5-8,12H,1-4,9-10,16H2,(H,17,18);1H. The molecule has 0 saturated carbocycles. The molecule has 0 bridgehead atoms. The van der Waals surface area contributed by atoms with E-state index in [-0.39, 0.29) is 24.7 Å². The summed E-state index contributed by atoms with van der Waals surface area (Å²) in [6.07, 6.45) is 3.89. The molecule has 0 saturated heterocycles. The van der Waals surface area contributed by atoms with Crippen LogP contribution in [0.2, 0.25) is 0 Å². The van der Waals surface area contributed by atoms with Crippen LogP contribution in [0.1, 0.15) is 31.2 Å². The maximum Gasteiger partial charge on any atom is 0.303 e. The lowest BCUT2D eigenvalue weighted by Gasteiger charge is -2.14. The van der Waals surface area contributed by atoms with Gasteiger partial charge in [-0.3, -0.25) is 4.79 Å². The van der Waals surface area contributed by atoms with Crippen LogP contribution in [-0.4, -0.2) is 17.6 Å². The summed E-state index contributed by atoms with van der Waals surface area (Å²) in [5.74, 6) is -0.484. The highest BCUT2D eigenvalue weighted by Crippen LogP contribution is 2.19. The van der Waals surface area contributed by atoms with Crippen LogP contribution >= 0.6 is 28.3 Å². The number of benzene rings is 1. The number of carbonyl (C=O) groups is 1. The van der Waals surface area contributed by atoms with Crippen molar-refractivity contribution in [1.82, 2.24) is 0 Å². The summed E-state index contributed by atoms with van der Waals surface area (Å²) in [5, 5.41) is 8.88. The van der Waals surface area contributed by atoms with Crippen molar-refractivity contribution in [3.8, 4) is 0 Å². The van der Waals surface area contributed by atoms with Gasteiger partial charge >= 0.3 is 5.97 Å². The highest BCUT2D eigenvalue weighted by molar-refractivity contribution is 9.10. The van der Waals surface area contributed by atoms with Gasteiger partial charge in [-0.2, -0.15) is 0 Å². The fraction of sp³-hybridized carbons (Fsp3) is 0.500. The van der Waals surface area contributed by atoms with Crippen LogP contribution in [0.4, 0.5) is 0 Å². The first-order valence-corrected chi connectivity index (χ1v) is 7.07. The van der Waals surface area contributed by atoms with Crippen molar-refractivity contribution in [2.75, 3.05) is 6.54 Å². The molecule has 1 aromatic carbocycles. The Labute approximate surface area is 129 Å². The lowest BCUT2D eigenvalue weighted by atomic mass is 9.92. The van der Waals surface area contributed by atoms with Gasteiger partial charge in [0.1, 0.15) is 0 Å². The fourth-order valence-electron chi connectivity index (χ4n) is 2.02. The average molecular weight is 351 g/mol. The van der Waals surface area contributed by atoms with Crippen LogP contribution in [0.15, 0.2) is 28.7 Å². The molecule has 0 aromatic heterocycles. The van der Waals surface area contributed by atoms with E-state index in [4.69, 9.17) is 10.8 Å². The van der Waals surface area contributed by atoms with E-state index in [0.717, 1.165) is 30.2 Å². The quantitative estimate of drug-likeness (QED) is 0.752. The minimum absolute atomic E-state index is 0. The molecule has 1 atom stereocenters. The molecule has 108 valence electrons. The zero-order chi connectivity index (χ0) is 13.4. The molecule has 1 aromatic rings. The van der Waals surface area contributed by atoms with Gasteiger partial charge in [0.25, 0.3) is 0 Å². The SMILES string of the molecule is Cl.NCCCC(CCc1ccc(Br)cc1)CC(=O)O. The largest absolute Gasteiger partial charge is 0.481 e. The molecule has 3 nitrogen and oxygen atoms in total. The lowest BCUT2D eigenvalue weighted by molar-refractivity contribution is -0.138. The Morgan fingerprint density at radius 3 is 2.42 bits per heavy atom. The molecule has 19 heavy (non-hydrogen) atoms. The number of aryl methyl sites for hydroxylation is 1. The minimum atomic E-state index is -0.715. The Morgan fingerprint density at radius 2 is 1.89 bits per heavy atom. The number of nitrogens with two attached hydrogens (primary N) is 1. The summed E-state index contributed by atoms with van der Waals surface area (Å²) in [6, 6.07) is 8.18. The summed E-state index contributed by atoms with van der Waals surface area (Å²) in [6.45, 7) is 0.633. The van der Waals surface area contributed by atoms with E-state index in [2.05, 4.69) is 28.1 Å². The molecule has 5 heteroatoms. The summed E-state index contributed by atoms with van der Waals surface area (Å²) >= 11 is 3.40. The van der Waals surface area contributed by atoms with Gasteiger partial charge in [0.15, 0.2) is 0 Å². The number of hydrogen-bond donors (Lipinski definition) is 2. The normalized spacial score (nSPS) is 11.7. The predicted molar refractivity (Wildman–Crippen MR) is 83.7 cm³/mol. The maximum absolute atomic E-state index is 10.8. The van der Waals surface area contributed by atoms with Crippen LogP contribution in [0, 0.1) is 5.92 Å². The van der Waals surface area contributed by atoms with E-state index < -0.39 is 5.97 Å². The first-order chi connectivity index (χ1) is 8.61. The van der Waals surface area contributed by atoms with Gasteiger partial charge in [0, 0.05) is 10.9 Å². The molecule has 0 fully saturated rings. The highest BCUT2D eigenvalue weighted by Gasteiger charge is 2.12. The van der Waals surface area contributed by atoms with E-state index in [1.165, 1.54) is 5.56 Å². The van der Waals surface area contributed by atoms with Crippen molar-refractivity contribution in [3.05, 3.63) is 34.3 Å². The van der Waals surface area contributed by atoms with Crippen molar-refractivity contribution in [2.24, 2.45) is 11.7 Å². The Bertz CT molecular complexity index is 370. The van der Waals surface area contributed by atoms with Gasteiger partial charge in [0.2, 0.25) is 0 Å². The molecule has 0 aliphatic carbocycles. The third-order valence-electron chi connectivity index (χ3n) is 3.03.